The number of hydrogen-bond acceptors (Lipinski definition) is 5. The Morgan fingerprint density at radius 1 is 1.25 bits per heavy atom. The van der Waals surface area contributed by atoms with Crippen LogP contribution in [0.15, 0.2) is 23.1 Å². The van der Waals surface area contributed by atoms with E-state index >= 15 is 0 Å². The third-order valence-corrected chi connectivity index (χ3v) is 4.78. The van der Waals surface area contributed by atoms with Gasteiger partial charge < -0.3 is 11.2 Å². The highest BCUT2D eigenvalue weighted by atomic mass is 32.2. The van der Waals surface area contributed by atoms with Gasteiger partial charge in [-0.3, -0.25) is 0 Å². The molecule has 1 heterocycles. The van der Waals surface area contributed by atoms with E-state index < -0.39 is 10.0 Å². The summed E-state index contributed by atoms with van der Waals surface area (Å²) in [5.41, 5.74) is 9.93. The van der Waals surface area contributed by atoms with E-state index in [1.807, 2.05) is 0 Å². The molecule has 0 amide bonds. The molecule has 2 unspecified atom stereocenters. The third kappa shape index (κ3) is 3.05. The van der Waals surface area contributed by atoms with Crippen molar-refractivity contribution in [2.75, 3.05) is 11.2 Å². The maximum absolute atomic E-state index is 11.5. The number of primary sulfonamides is 1. The first-order valence-electron chi connectivity index (χ1n) is 6.77. The van der Waals surface area contributed by atoms with Crippen LogP contribution in [0.2, 0.25) is 0 Å². The summed E-state index contributed by atoms with van der Waals surface area (Å²) in [4.78, 5) is -0.0418. The summed E-state index contributed by atoms with van der Waals surface area (Å²) in [6.07, 6.45) is 3.41. The normalized spacial score (nSPS) is 24.6. The molecule has 1 aliphatic heterocycles. The van der Waals surface area contributed by atoms with Gasteiger partial charge in [0.05, 0.1) is 11.4 Å². The van der Waals surface area contributed by atoms with Crippen LogP contribution in [0.25, 0.3) is 0 Å². The summed E-state index contributed by atoms with van der Waals surface area (Å²) in [6.45, 7) is 4.28. The fourth-order valence-electron chi connectivity index (χ4n) is 2.67. The second-order valence-electron chi connectivity index (χ2n) is 5.41. The monoisotopic (exact) mass is 298 g/mol. The number of rotatable bonds is 3. The van der Waals surface area contributed by atoms with Crippen molar-refractivity contribution >= 4 is 21.4 Å². The van der Waals surface area contributed by atoms with Crippen LogP contribution < -0.4 is 16.3 Å². The van der Waals surface area contributed by atoms with Crippen molar-refractivity contribution in [1.82, 2.24) is 5.01 Å². The number of nitrogens with zero attached hydrogens (tertiary/aromatic N) is 1. The van der Waals surface area contributed by atoms with Crippen molar-refractivity contribution in [3.63, 3.8) is 0 Å². The molecule has 0 aliphatic carbocycles. The number of nitrogen functional groups attached to an aromatic ring is 1. The summed E-state index contributed by atoms with van der Waals surface area (Å²) in [5.74, 6) is 0. The molecule has 1 aliphatic rings. The minimum Gasteiger partial charge on any atom is -0.396 e. The van der Waals surface area contributed by atoms with E-state index in [9.17, 15) is 8.42 Å². The molecule has 0 spiro atoms. The minimum atomic E-state index is -3.81. The van der Waals surface area contributed by atoms with E-state index in [1.165, 1.54) is 12.5 Å². The number of nitrogens with two attached hydrogens (primary N) is 2. The summed E-state index contributed by atoms with van der Waals surface area (Å²) in [6, 6.07) is 5.56. The van der Waals surface area contributed by atoms with Gasteiger partial charge in [-0.25, -0.2) is 18.6 Å². The molecule has 1 fully saturated rings. The van der Waals surface area contributed by atoms with E-state index in [4.69, 9.17) is 10.9 Å². The Labute approximate surface area is 120 Å². The minimum absolute atomic E-state index is 0.0418. The highest BCUT2D eigenvalue weighted by Gasteiger charge is 2.25. The second-order valence-corrected chi connectivity index (χ2v) is 6.94. The highest BCUT2D eigenvalue weighted by molar-refractivity contribution is 7.89. The van der Waals surface area contributed by atoms with Crippen LogP contribution in [0, 0.1) is 0 Å². The zero-order valence-corrected chi connectivity index (χ0v) is 12.7. The molecule has 0 aromatic heterocycles. The first-order valence-corrected chi connectivity index (χ1v) is 8.31. The number of anilines is 2. The number of para-hydroxylation sites is 1. The molecule has 2 atom stereocenters. The molecule has 1 aromatic carbocycles. The first kappa shape index (κ1) is 15.1. The molecular formula is C13H22N4O2S. The molecular weight excluding hydrogens is 276 g/mol. The SMILES string of the molecule is CC1CCCC(C)N1Nc1cccc(S(N)(=O)=O)c1N. The van der Waals surface area contributed by atoms with Crippen LogP contribution in [0.4, 0.5) is 11.4 Å². The van der Waals surface area contributed by atoms with E-state index in [1.54, 1.807) is 12.1 Å². The zero-order chi connectivity index (χ0) is 14.9. The molecule has 6 nitrogen and oxygen atoms in total. The molecule has 0 bridgehead atoms. The maximum Gasteiger partial charge on any atom is 0.240 e. The quantitative estimate of drug-likeness (QED) is 0.734. The first-order chi connectivity index (χ1) is 9.30. The van der Waals surface area contributed by atoms with Crippen LogP contribution in [0.3, 0.4) is 0 Å². The van der Waals surface area contributed by atoms with Crippen LogP contribution in [0.1, 0.15) is 33.1 Å². The number of piperidine rings is 1. The number of benzene rings is 1. The molecule has 5 N–H and O–H groups in total. The average Bonchev–Trinajstić information content (AvgIpc) is 2.34. The van der Waals surface area contributed by atoms with Gasteiger partial charge in [0.1, 0.15) is 4.90 Å². The number of nitrogens with one attached hydrogen (secondary N) is 1. The molecule has 0 radical (unpaired) electrons. The Bertz CT molecular complexity index is 578. The van der Waals surface area contributed by atoms with Crippen LogP contribution in [-0.2, 0) is 10.0 Å². The van der Waals surface area contributed by atoms with Gasteiger partial charge in [0.25, 0.3) is 0 Å². The van der Waals surface area contributed by atoms with Crippen molar-refractivity contribution in [2.45, 2.75) is 50.1 Å². The fraction of sp³-hybridized carbons (Fsp3) is 0.538. The lowest BCUT2D eigenvalue weighted by atomic mass is 10.00. The standard InChI is InChI=1S/C13H22N4O2S/c1-9-5-3-6-10(2)17(9)16-11-7-4-8-12(13(11)14)20(15,18)19/h4,7-10,16H,3,5-6,14H2,1-2H3,(H2,15,18,19). The Balaban J connectivity index is 2.30. The summed E-state index contributed by atoms with van der Waals surface area (Å²) in [5, 5.41) is 7.29. The summed E-state index contributed by atoms with van der Waals surface area (Å²) < 4.78 is 23.0. The molecule has 20 heavy (non-hydrogen) atoms. The van der Waals surface area contributed by atoms with Gasteiger partial charge in [-0.15, -0.1) is 0 Å². The van der Waals surface area contributed by atoms with Crippen molar-refractivity contribution in [3.05, 3.63) is 18.2 Å². The highest BCUT2D eigenvalue weighted by Crippen LogP contribution is 2.29. The molecule has 112 valence electrons. The van der Waals surface area contributed by atoms with Crippen LogP contribution >= 0.6 is 0 Å². The van der Waals surface area contributed by atoms with Crippen molar-refractivity contribution in [3.8, 4) is 0 Å². The smallest absolute Gasteiger partial charge is 0.240 e. The van der Waals surface area contributed by atoms with Gasteiger partial charge >= 0.3 is 0 Å². The van der Waals surface area contributed by atoms with Gasteiger partial charge in [-0.05, 0) is 38.8 Å². The number of sulfonamides is 1. The third-order valence-electron chi connectivity index (χ3n) is 3.82. The molecule has 2 rings (SSSR count). The lowest BCUT2D eigenvalue weighted by Gasteiger charge is -2.39. The fourth-order valence-corrected chi connectivity index (χ4v) is 3.36. The predicted octanol–water partition coefficient (Wildman–Crippen LogP) is 1.51. The molecule has 0 saturated carbocycles. The molecule has 1 saturated heterocycles. The zero-order valence-electron chi connectivity index (χ0n) is 11.8. The van der Waals surface area contributed by atoms with E-state index in [0.29, 0.717) is 17.8 Å². The number of hydrazine groups is 1. The Morgan fingerprint density at radius 3 is 2.40 bits per heavy atom. The summed E-state index contributed by atoms with van der Waals surface area (Å²) in [7, 11) is -3.81. The van der Waals surface area contributed by atoms with Crippen LogP contribution in [-0.4, -0.2) is 25.5 Å². The molecule has 1 aromatic rings. The van der Waals surface area contributed by atoms with Gasteiger partial charge in [-0.2, -0.15) is 0 Å². The predicted molar refractivity (Wildman–Crippen MR) is 80.5 cm³/mol. The summed E-state index contributed by atoms with van der Waals surface area (Å²) >= 11 is 0. The number of hydrogen-bond donors (Lipinski definition) is 3. The second kappa shape index (κ2) is 5.59. The van der Waals surface area contributed by atoms with Gasteiger partial charge in [0.2, 0.25) is 10.0 Å². The average molecular weight is 298 g/mol. The van der Waals surface area contributed by atoms with Crippen molar-refractivity contribution in [1.29, 1.82) is 0 Å². The maximum atomic E-state index is 11.5. The van der Waals surface area contributed by atoms with Crippen LogP contribution in [0.5, 0.6) is 0 Å². The largest absolute Gasteiger partial charge is 0.396 e. The Kier molecular flexibility index (Phi) is 4.22. The van der Waals surface area contributed by atoms with E-state index in [-0.39, 0.29) is 10.6 Å². The van der Waals surface area contributed by atoms with Crippen molar-refractivity contribution < 1.29 is 8.42 Å². The Hall–Kier alpha value is -1.31. The van der Waals surface area contributed by atoms with Crippen molar-refractivity contribution in [2.24, 2.45) is 5.14 Å². The topological polar surface area (TPSA) is 101 Å². The van der Waals surface area contributed by atoms with Gasteiger partial charge in [0, 0.05) is 12.1 Å². The lowest BCUT2D eigenvalue weighted by Crippen LogP contribution is -2.47. The molecule has 7 heteroatoms. The van der Waals surface area contributed by atoms with E-state index in [0.717, 1.165) is 12.8 Å². The van der Waals surface area contributed by atoms with E-state index in [2.05, 4.69) is 24.3 Å². The lowest BCUT2D eigenvalue weighted by molar-refractivity contribution is 0.136. The van der Waals surface area contributed by atoms with Gasteiger partial charge in [-0.1, -0.05) is 12.5 Å². The Morgan fingerprint density at radius 2 is 1.85 bits per heavy atom. The van der Waals surface area contributed by atoms with Gasteiger partial charge in [0.15, 0.2) is 0 Å².